The van der Waals surface area contributed by atoms with Gasteiger partial charge in [0, 0.05) is 12.1 Å². The Morgan fingerprint density at radius 1 is 1.42 bits per heavy atom. The number of hydrogen-bond acceptors (Lipinski definition) is 3. The number of pyridine rings is 1. The summed E-state index contributed by atoms with van der Waals surface area (Å²) in [5.41, 5.74) is 1.13. The first-order valence-corrected chi connectivity index (χ1v) is 8.63. The predicted octanol–water partition coefficient (Wildman–Crippen LogP) is 2.06. The molecule has 128 valence electrons. The highest BCUT2D eigenvalue weighted by atomic mass is 19.1. The van der Waals surface area contributed by atoms with Crippen molar-refractivity contribution in [2.24, 2.45) is 23.7 Å². The Morgan fingerprint density at radius 2 is 2.12 bits per heavy atom. The van der Waals surface area contributed by atoms with Crippen molar-refractivity contribution in [2.45, 2.75) is 26.8 Å². The third-order valence-corrected chi connectivity index (χ3v) is 5.45. The fourth-order valence-corrected chi connectivity index (χ4v) is 4.10. The molecule has 2 fully saturated rings. The maximum Gasteiger partial charge on any atom is 0.224 e. The number of carbonyl (C=O) groups is 1. The monoisotopic (exact) mass is 330 g/mol. The summed E-state index contributed by atoms with van der Waals surface area (Å²) >= 11 is 0. The smallest absolute Gasteiger partial charge is 0.224 e. The van der Waals surface area contributed by atoms with Gasteiger partial charge in [0.2, 0.25) is 5.91 Å². The van der Waals surface area contributed by atoms with Gasteiger partial charge in [-0.2, -0.15) is 0 Å². The lowest BCUT2D eigenvalue weighted by Gasteiger charge is -2.22. The van der Waals surface area contributed by atoms with E-state index in [0.29, 0.717) is 28.9 Å². The van der Waals surface area contributed by atoms with Gasteiger partial charge in [0.15, 0.2) is 0 Å². The van der Waals surface area contributed by atoms with Gasteiger partial charge in [-0.15, -0.1) is 0 Å². The molecule has 0 spiro atoms. The quantitative estimate of drug-likeness (QED) is 0.902. The van der Waals surface area contributed by atoms with Crippen LogP contribution in [0.2, 0.25) is 0 Å². The van der Waals surface area contributed by atoms with E-state index in [9.17, 15) is 9.18 Å². The third kappa shape index (κ3) is 2.32. The van der Waals surface area contributed by atoms with Crippen LogP contribution in [-0.4, -0.2) is 28.4 Å². The van der Waals surface area contributed by atoms with Crippen molar-refractivity contribution in [1.29, 1.82) is 0 Å². The van der Waals surface area contributed by atoms with Crippen molar-refractivity contribution in [3.05, 3.63) is 35.7 Å². The Labute approximate surface area is 140 Å². The number of nitrogens with one attached hydrogen (secondary N) is 2. The summed E-state index contributed by atoms with van der Waals surface area (Å²) in [6.45, 7) is 7.78. The average Bonchev–Trinajstić information content (AvgIpc) is 2.87. The molecule has 4 atom stereocenters. The summed E-state index contributed by atoms with van der Waals surface area (Å²) in [7, 11) is 0. The van der Waals surface area contributed by atoms with Gasteiger partial charge < -0.3 is 10.6 Å². The molecule has 2 N–H and O–H groups in total. The minimum absolute atomic E-state index is 0.107. The number of carbonyl (C=O) groups excluding carboxylic acids is 1. The largest absolute Gasteiger partial charge is 0.346 e. The van der Waals surface area contributed by atoms with E-state index in [1.165, 1.54) is 6.07 Å². The Kier molecular flexibility index (Phi) is 3.60. The molecule has 0 bridgehead atoms. The topological polar surface area (TPSA) is 58.4 Å². The van der Waals surface area contributed by atoms with Crippen LogP contribution in [0.25, 0.3) is 5.52 Å². The summed E-state index contributed by atoms with van der Waals surface area (Å²) in [5, 5.41) is 6.49. The second-order valence-corrected chi connectivity index (χ2v) is 7.37. The lowest BCUT2D eigenvalue weighted by atomic mass is 10.0. The van der Waals surface area contributed by atoms with E-state index in [-0.39, 0.29) is 29.6 Å². The van der Waals surface area contributed by atoms with E-state index < -0.39 is 0 Å². The molecule has 1 aliphatic carbocycles. The Hall–Kier alpha value is -1.95. The minimum Gasteiger partial charge on any atom is -0.346 e. The molecule has 1 saturated heterocycles. The lowest BCUT2D eigenvalue weighted by Crippen LogP contribution is -2.36. The number of nitrogens with zero attached hydrogens (tertiary/aromatic N) is 2. The first kappa shape index (κ1) is 15.6. The molecule has 0 radical (unpaired) electrons. The highest BCUT2D eigenvalue weighted by molar-refractivity contribution is 5.83. The van der Waals surface area contributed by atoms with Gasteiger partial charge in [0.05, 0.1) is 11.7 Å². The van der Waals surface area contributed by atoms with Gasteiger partial charge in [0.1, 0.15) is 17.2 Å². The zero-order valence-electron chi connectivity index (χ0n) is 14.2. The van der Waals surface area contributed by atoms with Crippen molar-refractivity contribution in [3.63, 3.8) is 0 Å². The molecular weight excluding hydrogens is 307 g/mol. The SMILES string of the molecule is Cc1nc(C(NC(=O)[C@H]2[C@@H]3CNC[C@@H]32)C(C)C)n2cccc(F)c12. The molecule has 5 nitrogen and oxygen atoms in total. The third-order valence-electron chi connectivity index (χ3n) is 5.45. The van der Waals surface area contributed by atoms with Crippen molar-refractivity contribution in [2.75, 3.05) is 13.1 Å². The van der Waals surface area contributed by atoms with Gasteiger partial charge >= 0.3 is 0 Å². The minimum atomic E-state index is -0.287. The van der Waals surface area contributed by atoms with E-state index in [4.69, 9.17) is 0 Å². The molecule has 2 aliphatic rings. The van der Waals surface area contributed by atoms with E-state index in [0.717, 1.165) is 13.1 Å². The summed E-state index contributed by atoms with van der Waals surface area (Å²) in [6.07, 6.45) is 1.81. The van der Waals surface area contributed by atoms with E-state index in [1.54, 1.807) is 17.4 Å². The molecule has 0 aromatic carbocycles. The van der Waals surface area contributed by atoms with Gasteiger partial charge in [-0.1, -0.05) is 13.8 Å². The van der Waals surface area contributed by atoms with Gasteiger partial charge in [0.25, 0.3) is 0 Å². The maximum atomic E-state index is 14.1. The van der Waals surface area contributed by atoms with Gasteiger partial charge in [-0.05, 0) is 49.9 Å². The molecular formula is C18H23FN4O. The summed E-state index contributed by atoms with van der Waals surface area (Å²) in [6, 6.07) is 2.88. The number of rotatable bonds is 4. The highest BCUT2D eigenvalue weighted by Gasteiger charge is 2.57. The molecule has 1 amide bonds. The first-order chi connectivity index (χ1) is 11.5. The molecule has 1 unspecified atom stereocenters. The van der Waals surface area contributed by atoms with Gasteiger partial charge in [-0.25, -0.2) is 9.37 Å². The number of hydrogen-bond donors (Lipinski definition) is 2. The lowest BCUT2D eigenvalue weighted by molar-refractivity contribution is -0.124. The number of halogens is 1. The summed E-state index contributed by atoms with van der Waals surface area (Å²) in [4.78, 5) is 17.2. The van der Waals surface area contributed by atoms with Crippen LogP contribution in [0.5, 0.6) is 0 Å². The number of piperidine rings is 1. The predicted molar refractivity (Wildman–Crippen MR) is 88.9 cm³/mol. The van der Waals surface area contributed by atoms with E-state index in [2.05, 4.69) is 29.5 Å². The molecule has 1 aliphatic heterocycles. The Balaban J connectivity index is 1.64. The second-order valence-electron chi connectivity index (χ2n) is 7.37. The van der Waals surface area contributed by atoms with Crippen molar-refractivity contribution in [3.8, 4) is 0 Å². The zero-order chi connectivity index (χ0) is 17.0. The van der Waals surface area contributed by atoms with Crippen LogP contribution < -0.4 is 10.6 Å². The maximum absolute atomic E-state index is 14.1. The van der Waals surface area contributed by atoms with E-state index >= 15 is 0 Å². The van der Waals surface area contributed by atoms with Crippen LogP contribution in [-0.2, 0) is 4.79 Å². The number of amides is 1. The number of aryl methyl sites for hydroxylation is 1. The van der Waals surface area contributed by atoms with Crippen molar-refractivity contribution in [1.82, 2.24) is 20.0 Å². The number of fused-ring (bicyclic) bond motifs is 2. The molecule has 3 heterocycles. The standard InChI is InChI=1S/C18H23FN4O/c1-9(2)15(22-18(24)14-11-7-20-8-12(11)14)17-21-10(3)16-13(19)5-4-6-23(16)17/h4-6,9,11-12,14-15,20H,7-8H2,1-3H3,(H,22,24)/t11-,12+,14+,15?. The van der Waals surface area contributed by atoms with Crippen molar-refractivity contribution >= 4 is 11.4 Å². The fraction of sp³-hybridized carbons (Fsp3) is 0.556. The van der Waals surface area contributed by atoms with Crippen LogP contribution >= 0.6 is 0 Å². The van der Waals surface area contributed by atoms with Gasteiger partial charge in [-0.3, -0.25) is 9.20 Å². The first-order valence-electron chi connectivity index (χ1n) is 8.63. The molecule has 1 saturated carbocycles. The molecule has 2 aromatic heterocycles. The zero-order valence-corrected chi connectivity index (χ0v) is 14.2. The Bertz CT molecular complexity index is 790. The molecule has 6 heteroatoms. The average molecular weight is 330 g/mol. The molecule has 2 aromatic rings. The van der Waals surface area contributed by atoms with Crippen LogP contribution in [0.15, 0.2) is 18.3 Å². The molecule has 24 heavy (non-hydrogen) atoms. The highest BCUT2D eigenvalue weighted by Crippen LogP contribution is 2.49. The van der Waals surface area contributed by atoms with Crippen LogP contribution in [0, 0.1) is 36.4 Å². The number of aromatic nitrogens is 2. The van der Waals surface area contributed by atoms with Crippen LogP contribution in [0.1, 0.15) is 31.4 Å². The van der Waals surface area contributed by atoms with E-state index in [1.807, 2.05) is 6.20 Å². The summed E-state index contributed by atoms with van der Waals surface area (Å²) < 4.78 is 15.9. The van der Waals surface area contributed by atoms with Crippen LogP contribution in [0.3, 0.4) is 0 Å². The normalized spacial score (nSPS) is 26.6. The fourth-order valence-electron chi connectivity index (χ4n) is 4.10. The molecule has 4 rings (SSSR count). The van der Waals surface area contributed by atoms with Crippen LogP contribution in [0.4, 0.5) is 4.39 Å². The van der Waals surface area contributed by atoms with Crippen molar-refractivity contribution < 1.29 is 9.18 Å². The Morgan fingerprint density at radius 3 is 2.79 bits per heavy atom. The number of imidazole rings is 1. The summed E-state index contributed by atoms with van der Waals surface area (Å²) in [5.74, 6) is 1.77. The second kappa shape index (κ2) is 5.55.